The van der Waals surface area contributed by atoms with Crippen molar-refractivity contribution >= 4 is 0 Å². The van der Waals surface area contributed by atoms with Crippen LogP contribution in [0.3, 0.4) is 0 Å². The van der Waals surface area contributed by atoms with E-state index in [2.05, 4.69) is 61.3 Å². The highest BCUT2D eigenvalue weighted by molar-refractivity contribution is 5.21. The van der Waals surface area contributed by atoms with Gasteiger partial charge in [-0.1, -0.05) is 51.1 Å². The highest BCUT2D eigenvalue weighted by atomic mass is 15.3. The van der Waals surface area contributed by atoms with E-state index in [1.807, 2.05) is 0 Å². The highest BCUT2D eigenvalue weighted by Gasteiger charge is 2.39. The lowest BCUT2D eigenvalue weighted by Crippen LogP contribution is -2.54. The van der Waals surface area contributed by atoms with Crippen molar-refractivity contribution in [2.75, 3.05) is 13.1 Å². The van der Waals surface area contributed by atoms with Crippen LogP contribution in [0.5, 0.6) is 0 Å². The van der Waals surface area contributed by atoms with Gasteiger partial charge in [0.2, 0.25) is 0 Å². The predicted octanol–water partition coefficient (Wildman–Crippen LogP) is 3.99. The highest BCUT2D eigenvalue weighted by Crippen LogP contribution is 2.42. The fraction of sp³-hybridized carbons (Fsp3) is 0.684. The molecule has 0 amide bonds. The summed E-state index contributed by atoms with van der Waals surface area (Å²) in [7, 11) is 0. The van der Waals surface area contributed by atoms with Gasteiger partial charge in [0, 0.05) is 31.2 Å². The molecule has 1 saturated carbocycles. The number of hydrogen-bond acceptors (Lipinski definition) is 2. The topological polar surface area (TPSA) is 15.3 Å². The third kappa shape index (κ3) is 3.32. The molecule has 1 N–H and O–H groups in total. The summed E-state index contributed by atoms with van der Waals surface area (Å²) in [6.45, 7) is 9.47. The first-order valence-electron chi connectivity index (χ1n) is 8.63. The third-order valence-electron chi connectivity index (χ3n) is 5.52. The third-order valence-corrected chi connectivity index (χ3v) is 5.52. The summed E-state index contributed by atoms with van der Waals surface area (Å²) < 4.78 is 0. The minimum Gasteiger partial charge on any atom is -0.311 e. The molecule has 2 fully saturated rings. The van der Waals surface area contributed by atoms with Crippen molar-refractivity contribution in [2.24, 2.45) is 5.41 Å². The zero-order chi connectivity index (χ0) is 14.9. The number of nitrogens with one attached hydrogen (secondary N) is 1. The lowest BCUT2D eigenvalue weighted by Gasteiger charge is -2.44. The first-order chi connectivity index (χ1) is 10.1. The molecule has 1 heterocycles. The van der Waals surface area contributed by atoms with Crippen LogP contribution >= 0.6 is 0 Å². The van der Waals surface area contributed by atoms with E-state index in [4.69, 9.17) is 0 Å². The molecule has 1 aromatic rings. The summed E-state index contributed by atoms with van der Waals surface area (Å²) in [5.41, 5.74) is 2.00. The second-order valence-corrected chi connectivity index (χ2v) is 7.70. The number of rotatable bonds is 3. The lowest BCUT2D eigenvalue weighted by molar-refractivity contribution is 0.0770. The SMILES string of the molecule is CCC1CN(C2CCC(C)(C)C2)C(c2ccccc2)CN1. The van der Waals surface area contributed by atoms with Gasteiger partial charge in [0.25, 0.3) is 0 Å². The van der Waals surface area contributed by atoms with Crippen molar-refractivity contribution in [1.82, 2.24) is 10.2 Å². The Labute approximate surface area is 129 Å². The van der Waals surface area contributed by atoms with Gasteiger partial charge in [0.15, 0.2) is 0 Å². The summed E-state index contributed by atoms with van der Waals surface area (Å²) in [5, 5.41) is 3.75. The van der Waals surface area contributed by atoms with E-state index in [0.29, 0.717) is 17.5 Å². The molecule has 0 aromatic heterocycles. The van der Waals surface area contributed by atoms with Gasteiger partial charge in [-0.25, -0.2) is 0 Å². The summed E-state index contributed by atoms with van der Waals surface area (Å²) in [4.78, 5) is 2.81. The van der Waals surface area contributed by atoms with Crippen molar-refractivity contribution in [3.8, 4) is 0 Å². The van der Waals surface area contributed by atoms with Crippen molar-refractivity contribution in [3.63, 3.8) is 0 Å². The Balaban J connectivity index is 1.81. The maximum absolute atomic E-state index is 3.75. The zero-order valence-electron chi connectivity index (χ0n) is 13.8. The van der Waals surface area contributed by atoms with Gasteiger partial charge in [-0.15, -0.1) is 0 Å². The van der Waals surface area contributed by atoms with Gasteiger partial charge < -0.3 is 5.32 Å². The molecule has 3 rings (SSSR count). The molecule has 3 unspecified atom stereocenters. The Morgan fingerprint density at radius 1 is 1.24 bits per heavy atom. The molecule has 0 radical (unpaired) electrons. The Bertz CT molecular complexity index is 454. The van der Waals surface area contributed by atoms with Crippen molar-refractivity contribution < 1.29 is 0 Å². The fourth-order valence-corrected chi connectivity index (χ4v) is 4.19. The fourth-order valence-electron chi connectivity index (χ4n) is 4.19. The Morgan fingerprint density at radius 3 is 2.62 bits per heavy atom. The van der Waals surface area contributed by atoms with Gasteiger partial charge in [0.05, 0.1) is 0 Å². The van der Waals surface area contributed by atoms with E-state index < -0.39 is 0 Å². The molecule has 2 aliphatic rings. The molecule has 3 atom stereocenters. The normalized spacial score (nSPS) is 33.2. The van der Waals surface area contributed by atoms with Crippen LogP contribution in [0.1, 0.15) is 58.1 Å². The van der Waals surface area contributed by atoms with Crippen LogP contribution in [0.2, 0.25) is 0 Å². The molecule has 2 heteroatoms. The minimum atomic E-state index is 0.526. The van der Waals surface area contributed by atoms with Crippen LogP contribution in [0.4, 0.5) is 0 Å². The second-order valence-electron chi connectivity index (χ2n) is 7.70. The van der Waals surface area contributed by atoms with Crippen LogP contribution in [-0.4, -0.2) is 30.1 Å². The monoisotopic (exact) mass is 286 g/mol. The number of nitrogens with zero attached hydrogens (tertiary/aromatic N) is 1. The van der Waals surface area contributed by atoms with Crippen LogP contribution in [-0.2, 0) is 0 Å². The minimum absolute atomic E-state index is 0.526. The van der Waals surface area contributed by atoms with Gasteiger partial charge in [-0.2, -0.15) is 0 Å². The molecular formula is C19H30N2. The number of piperazine rings is 1. The van der Waals surface area contributed by atoms with E-state index in [-0.39, 0.29) is 0 Å². The molecule has 0 spiro atoms. The summed E-state index contributed by atoms with van der Waals surface area (Å²) in [6, 6.07) is 13.0. The summed E-state index contributed by atoms with van der Waals surface area (Å²) in [5.74, 6) is 0. The second kappa shape index (κ2) is 6.10. The Hall–Kier alpha value is -0.860. The molecule has 116 valence electrons. The van der Waals surface area contributed by atoms with Gasteiger partial charge in [-0.05, 0) is 36.7 Å². The first-order valence-corrected chi connectivity index (χ1v) is 8.63. The standard InChI is InChI=1S/C19H30N2/c1-4-16-14-21(17-10-11-19(2,3)12-17)18(13-20-16)15-8-6-5-7-9-15/h5-9,16-18,20H,4,10-14H2,1-3H3. The quantitative estimate of drug-likeness (QED) is 0.904. The Morgan fingerprint density at radius 2 is 2.00 bits per heavy atom. The van der Waals surface area contributed by atoms with Crippen LogP contribution in [0, 0.1) is 5.41 Å². The van der Waals surface area contributed by atoms with Crippen LogP contribution in [0.25, 0.3) is 0 Å². The largest absolute Gasteiger partial charge is 0.311 e. The molecule has 0 bridgehead atoms. The molecule has 1 aliphatic carbocycles. The molecule has 1 aliphatic heterocycles. The van der Waals surface area contributed by atoms with Crippen LogP contribution in [0.15, 0.2) is 30.3 Å². The average Bonchev–Trinajstić information content (AvgIpc) is 2.87. The summed E-state index contributed by atoms with van der Waals surface area (Å²) >= 11 is 0. The zero-order valence-corrected chi connectivity index (χ0v) is 13.8. The maximum Gasteiger partial charge on any atom is 0.0476 e. The van der Waals surface area contributed by atoms with Crippen molar-refractivity contribution in [2.45, 2.75) is 64.6 Å². The molecular weight excluding hydrogens is 256 g/mol. The van der Waals surface area contributed by atoms with E-state index in [1.54, 1.807) is 0 Å². The first kappa shape index (κ1) is 15.1. The van der Waals surface area contributed by atoms with Gasteiger partial charge >= 0.3 is 0 Å². The van der Waals surface area contributed by atoms with Crippen molar-refractivity contribution in [3.05, 3.63) is 35.9 Å². The lowest BCUT2D eigenvalue weighted by atomic mass is 9.90. The molecule has 21 heavy (non-hydrogen) atoms. The molecule has 1 saturated heterocycles. The van der Waals surface area contributed by atoms with Gasteiger partial charge in [-0.3, -0.25) is 4.90 Å². The molecule has 2 nitrogen and oxygen atoms in total. The number of benzene rings is 1. The van der Waals surface area contributed by atoms with E-state index in [0.717, 1.165) is 12.6 Å². The Kier molecular flexibility index (Phi) is 4.37. The summed E-state index contributed by atoms with van der Waals surface area (Å²) in [6.07, 6.45) is 5.33. The maximum atomic E-state index is 3.75. The number of hydrogen-bond donors (Lipinski definition) is 1. The van der Waals surface area contributed by atoms with E-state index in [9.17, 15) is 0 Å². The average molecular weight is 286 g/mol. The van der Waals surface area contributed by atoms with Crippen LogP contribution < -0.4 is 5.32 Å². The molecule has 1 aromatic carbocycles. The van der Waals surface area contributed by atoms with Crippen molar-refractivity contribution in [1.29, 1.82) is 0 Å². The van der Waals surface area contributed by atoms with E-state index >= 15 is 0 Å². The smallest absolute Gasteiger partial charge is 0.0476 e. The predicted molar refractivity (Wildman–Crippen MR) is 89.4 cm³/mol. The van der Waals surface area contributed by atoms with E-state index in [1.165, 1.54) is 37.8 Å². The van der Waals surface area contributed by atoms with Gasteiger partial charge in [0.1, 0.15) is 0 Å².